The number of carbonyl (C=O) groups excluding carboxylic acids is 1. The van der Waals surface area contributed by atoms with Crippen molar-refractivity contribution in [1.82, 2.24) is 4.98 Å². The molecule has 2 aromatic rings. The zero-order valence-electron chi connectivity index (χ0n) is 10.1. The molecule has 0 aliphatic carbocycles. The number of Topliss-reactive ketones (excluding diaryl/α,β-unsaturated/α-hetero) is 1. The fourth-order valence-corrected chi connectivity index (χ4v) is 1.94. The first-order valence-corrected chi connectivity index (χ1v) is 6.05. The fraction of sp³-hybridized carbons (Fsp3) is 0.143. The molecule has 1 aromatic heterocycles. The third-order valence-corrected chi connectivity index (χ3v) is 2.95. The minimum absolute atomic E-state index is 0.0616. The van der Waals surface area contributed by atoms with Gasteiger partial charge in [-0.15, -0.1) is 0 Å². The van der Waals surface area contributed by atoms with Crippen molar-refractivity contribution >= 4 is 17.4 Å². The molecule has 0 saturated heterocycles. The van der Waals surface area contributed by atoms with Crippen LogP contribution in [0.1, 0.15) is 21.6 Å². The van der Waals surface area contributed by atoms with Gasteiger partial charge in [-0.25, -0.2) is 0 Å². The molecule has 0 aliphatic heterocycles. The van der Waals surface area contributed by atoms with Gasteiger partial charge in [0.1, 0.15) is 5.69 Å². The average Bonchev–Trinajstić information content (AvgIpc) is 2.38. The van der Waals surface area contributed by atoms with E-state index in [-0.39, 0.29) is 22.7 Å². The first-order chi connectivity index (χ1) is 9.38. The molecular formula is C14H9ClF3NO. The molecule has 0 saturated carbocycles. The van der Waals surface area contributed by atoms with E-state index < -0.39 is 17.5 Å². The van der Waals surface area contributed by atoms with Gasteiger partial charge < -0.3 is 0 Å². The van der Waals surface area contributed by atoms with Crippen LogP contribution in [-0.2, 0) is 12.6 Å². The number of nitrogens with zero attached hydrogens (tertiary/aromatic N) is 1. The van der Waals surface area contributed by atoms with Gasteiger partial charge in [-0.3, -0.25) is 9.78 Å². The molecule has 0 amide bonds. The summed E-state index contributed by atoms with van der Waals surface area (Å²) >= 11 is 5.83. The molecule has 0 atom stereocenters. The second-order valence-electron chi connectivity index (χ2n) is 4.13. The van der Waals surface area contributed by atoms with E-state index in [9.17, 15) is 18.0 Å². The zero-order chi connectivity index (χ0) is 14.8. The first kappa shape index (κ1) is 14.5. The molecule has 6 heteroatoms. The maximum atomic E-state index is 12.6. The van der Waals surface area contributed by atoms with Crippen LogP contribution in [0.5, 0.6) is 0 Å². The van der Waals surface area contributed by atoms with Crippen LogP contribution in [0.4, 0.5) is 13.2 Å². The summed E-state index contributed by atoms with van der Waals surface area (Å²) in [5.74, 6) is -0.421. The number of aromatic nitrogens is 1. The Hall–Kier alpha value is -1.88. The standard InChI is InChI=1S/C14H9ClF3NO/c15-11-5-2-6-19-13(11)12(20)8-9-3-1-4-10(7-9)14(16,17)18/h1-7H,8H2. The Kier molecular flexibility index (Phi) is 4.09. The lowest BCUT2D eigenvalue weighted by atomic mass is 10.0. The predicted octanol–water partition coefficient (Wildman–Crippen LogP) is 4.18. The van der Waals surface area contributed by atoms with Gasteiger partial charge >= 0.3 is 6.18 Å². The zero-order valence-corrected chi connectivity index (χ0v) is 10.9. The van der Waals surface area contributed by atoms with Gasteiger partial charge in [-0.05, 0) is 23.8 Å². The summed E-state index contributed by atoms with van der Waals surface area (Å²) in [5.41, 5.74) is -0.451. The highest BCUT2D eigenvalue weighted by Crippen LogP contribution is 2.29. The summed E-state index contributed by atoms with van der Waals surface area (Å²) < 4.78 is 37.7. The molecule has 104 valence electrons. The summed E-state index contributed by atoms with van der Waals surface area (Å²) in [6.45, 7) is 0. The van der Waals surface area contributed by atoms with Gasteiger partial charge in [0.15, 0.2) is 5.78 Å². The quantitative estimate of drug-likeness (QED) is 0.796. The van der Waals surface area contributed by atoms with Crippen LogP contribution in [0.2, 0.25) is 5.02 Å². The van der Waals surface area contributed by atoms with Gasteiger partial charge in [0.25, 0.3) is 0 Å². The van der Waals surface area contributed by atoms with Crippen molar-refractivity contribution in [1.29, 1.82) is 0 Å². The third kappa shape index (κ3) is 3.36. The topological polar surface area (TPSA) is 30.0 Å². The predicted molar refractivity (Wildman–Crippen MR) is 68.7 cm³/mol. The minimum atomic E-state index is -4.43. The largest absolute Gasteiger partial charge is 0.416 e. The summed E-state index contributed by atoms with van der Waals surface area (Å²) in [6.07, 6.45) is -3.20. The average molecular weight is 300 g/mol. The molecular weight excluding hydrogens is 291 g/mol. The lowest BCUT2D eigenvalue weighted by Crippen LogP contribution is -2.09. The molecule has 2 nitrogen and oxygen atoms in total. The summed E-state index contributed by atoms with van der Waals surface area (Å²) in [5, 5.41) is 0.185. The van der Waals surface area contributed by atoms with E-state index in [1.54, 1.807) is 6.07 Å². The Labute approximate surface area is 118 Å². The number of halogens is 4. The molecule has 20 heavy (non-hydrogen) atoms. The van der Waals surface area contributed by atoms with Gasteiger partial charge in [0.05, 0.1) is 10.6 Å². The number of alkyl halides is 3. The minimum Gasteiger partial charge on any atom is -0.292 e. The van der Waals surface area contributed by atoms with Crippen molar-refractivity contribution < 1.29 is 18.0 Å². The highest BCUT2D eigenvalue weighted by molar-refractivity contribution is 6.33. The normalized spacial score (nSPS) is 11.4. The molecule has 0 bridgehead atoms. The molecule has 0 N–H and O–H groups in total. The van der Waals surface area contributed by atoms with E-state index in [1.165, 1.54) is 24.4 Å². The van der Waals surface area contributed by atoms with Crippen LogP contribution < -0.4 is 0 Å². The van der Waals surface area contributed by atoms with E-state index in [0.717, 1.165) is 12.1 Å². The van der Waals surface area contributed by atoms with E-state index in [1.807, 2.05) is 0 Å². The monoisotopic (exact) mass is 299 g/mol. The van der Waals surface area contributed by atoms with Crippen molar-refractivity contribution in [2.75, 3.05) is 0 Å². The Morgan fingerprint density at radius 2 is 1.95 bits per heavy atom. The third-order valence-electron chi connectivity index (χ3n) is 2.64. The second kappa shape index (κ2) is 5.63. The molecule has 1 aromatic carbocycles. The maximum absolute atomic E-state index is 12.6. The SMILES string of the molecule is O=C(Cc1cccc(C(F)(F)F)c1)c1ncccc1Cl. The summed E-state index contributed by atoms with van der Waals surface area (Å²) in [4.78, 5) is 15.8. The summed E-state index contributed by atoms with van der Waals surface area (Å²) in [6, 6.07) is 7.73. The van der Waals surface area contributed by atoms with Crippen LogP contribution >= 0.6 is 11.6 Å². The maximum Gasteiger partial charge on any atom is 0.416 e. The Morgan fingerprint density at radius 3 is 2.60 bits per heavy atom. The Balaban J connectivity index is 2.23. The van der Waals surface area contributed by atoms with Crippen LogP contribution in [0, 0.1) is 0 Å². The van der Waals surface area contributed by atoms with Crippen molar-refractivity contribution in [2.45, 2.75) is 12.6 Å². The van der Waals surface area contributed by atoms with Crippen LogP contribution in [0.15, 0.2) is 42.6 Å². The lowest BCUT2D eigenvalue weighted by molar-refractivity contribution is -0.137. The molecule has 0 radical (unpaired) electrons. The van der Waals surface area contributed by atoms with Crippen molar-refractivity contribution in [3.8, 4) is 0 Å². The number of rotatable bonds is 3. The molecule has 0 aliphatic rings. The molecule has 0 spiro atoms. The van der Waals surface area contributed by atoms with Gasteiger partial charge in [-0.1, -0.05) is 29.8 Å². The van der Waals surface area contributed by atoms with Gasteiger partial charge in [-0.2, -0.15) is 13.2 Å². The number of carbonyl (C=O) groups is 1. The number of hydrogen-bond acceptors (Lipinski definition) is 2. The van der Waals surface area contributed by atoms with E-state index in [0.29, 0.717) is 0 Å². The van der Waals surface area contributed by atoms with Crippen LogP contribution in [-0.4, -0.2) is 10.8 Å². The van der Waals surface area contributed by atoms with Crippen molar-refractivity contribution in [3.63, 3.8) is 0 Å². The Morgan fingerprint density at radius 1 is 1.20 bits per heavy atom. The van der Waals surface area contributed by atoms with Crippen molar-refractivity contribution in [3.05, 3.63) is 64.4 Å². The van der Waals surface area contributed by atoms with E-state index in [4.69, 9.17) is 11.6 Å². The summed E-state index contributed by atoms with van der Waals surface area (Å²) in [7, 11) is 0. The fourth-order valence-electron chi connectivity index (χ4n) is 1.72. The van der Waals surface area contributed by atoms with Gasteiger partial charge in [0, 0.05) is 12.6 Å². The Bertz CT molecular complexity index is 640. The van der Waals surface area contributed by atoms with E-state index >= 15 is 0 Å². The molecule has 2 rings (SSSR count). The molecule has 0 unspecified atom stereocenters. The number of benzene rings is 1. The van der Waals surface area contributed by atoms with Gasteiger partial charge in [0.2, 0.25) is 0 Å². The number of hydrogen-bond donors (Lipinski definition) is 0. The highest BCUT2D eigenvalue weighted by atomic mass is 35.5. The molecule has 1 heterocycles. The van der Waals surface area contributed by atoms with E-state index in [2.05, 4.69) is 4.98 Å². The van der Waals surface area contributed by atoms with Crippen LogP contribution in [0.3, 0.4) is 0 Å². The first-order valence-electron chi connectivity index (χ1n) is 5.68. The smallest absolute Gasteiger partial charge is 0.292 e. The number of pyridine rings is 1. The second-order valence-corrected chi connectivity index (χ2v) is 4.54. The number of ketones is 1. The van der Waals surface area contributed by atoms with Crippen molar-refractivity contribution in [2.24, 2.45) is 0 Å². The highest BCUT2D eigenvalue weighted by Gasteiger charge is 2.30. The molecule has 0 fully saturated rings. The lowest BCUT2D eigenvalue weighted by Gasteiger charge is -2.08. The van der Waals surface area contributed by atoms with Crippen LogP contribution in [0.25, 0.3) is 0 Å².